The minimum atomic E-state index is -0.568. The van der Waals surface area contributed by atoms with Crippen LogP contribution in [0.4, 0.5) is 8.78 Å². The zero-order valence-corrected chi connectivity index (χ0v) is 7.50. The van der Waals surface area contributed by atoms with Gasteiger partial charge in [-0.25, -0.2) is 8.78 Å². The molecule has 4 heteroatoms. The van der Waals surface area contributed by atoms with Gasteiger partial charge in [0.25, 0.3) is 0 Å². The highest BCUT2D eigenvalue weighted by Gasteiger charge is 2.22. The molecule has 1 unspecified atom stereocenters. The maximum Gasteiger partial charge on any atom is 0.131 e. The van der Waals surface area contributed by atoms with Gasteiger partial charge < -0.3 is 9.47 Å². The lowest BCUT2D eigenvalue weighted by Crippen LogP contribution is -2.04. The van der Waals surface area contributed by atoms with Crippen LogP contribution in [-0.2, 0) is 16.1 Å². The Kier molecular flexibility index (Phi) is 2.74. The SMILES string of the molecule is Fc1cccc(F)c1COCC1CO1. The van der Waals surface area contributed by atoms with E-state index in [0.29, 0.717) is 13.2 Å². The Morgan fingerprint density at radius 2 is 2.00 bits per heavy atom. The van der Waals surface area contributed by atoms with E-state index in [4.69, 9.17) is 9.47 Å². The van der Waals surface area contributed by atoms with Gasteiger partial charge in [0.15, 0.2) is 0 Å². The number of halogens is 2. The van der Waals surface area contributed by atoms with Crippen LogP contribution in [0.2, 0.25) is 0 Å². The van der Waals surface area contributed by atoms with Gasteiger partial charge in [0.05, 0.1) is 19.8 Å². The minimum absolute atomic E-state index is 0.0202. The molecule has 0 amide bonds. The van der Waals surface area contributed by atoms with Crippen molar-refractivity contribution in [1.29, 1.82) is 0 Å². The molecule has 1 heterocycles. The fourth-order valence-electron chi connectivity index (χ4n) is 1.13. The smallest absolute Gasteiger partial charge is 0.131 e. The molecule has 1 fully saturated rings. The largest absolute Gasteiger partial charge is 0.374 e. The van der Waals surface area contributed by atoms with E-state index in [1.165, 1.54) is 18.2 Å². The van der Waals surface area contributed by atoms with Gasteiger partial charge in [-0.2, -0.15) is 0 Å². The van der Waals surface area contributed by atoms with Crippen LogP contribution in [0.5, 0.6) is 0 Å². The molecule has 1 aliphatic rings. The van der Waals surface area contributed by atoms with Gasteiger partial charge in [0.2, 0.25) is 0 Å². The summed E-state index contributed by atoms with van der Waals surface area (Å²) in [5, 5.41) is 0. The molecule has 0 aromatic heterocycles. The van der Waals surface area contributed by atoms with Gasteiger partial charge in [0.1, 0.15) is 17.7 Å². The second kappa shape index (κ2) is 4.02. The molecule has 0 saturated carbocycles. The summed E-state index contributed by atoms with van der Waals surface area (Å²) in [5.41, 5.74) is -0.0202. The van der Waals surface area contributed by atoms with E-state index in [1.54, 1.807) is 0 Å². The van der Waals surface area contributed by atoms with E-state index in [-0.39, 0.29) is 18.3 Å². The monoisotopic (exact) mass is 200 g/mol. The third-order valence-electron chi connectivity index (χ3n) is 2.01. The third-order valence-corrected chi connectivity index (χ3v) is 2.01. The molecule has 0 spiro atoms. The molecular weight excluding hydrogens is 190 g/mol. The van der Waals surface area contributed by atoms with Crippen molar-refractivity contribution >= 4 is 0 Å². The maximum atomic E-state index is 13.0. The molecule has 1 atom stereocenters. The molecule has 2 nitrogen and oxygen atoms in total. The zero-order chi connectivity index (χ0) is 9.97. The normalized spacial score (nSPS) is 19.7. The number of benzene rings is 1. The highest BCUT2D eigenvalue weighted by molar-refractivity contribution is 5.18. The molecule has 1 aromatic rings. The quantitative estimate of drug-likeness (QED) is 0.692. The summed E-state index contributed by atoms with van der Waals surface area (Å²) in [6, 6.07) is 3.77. The molecule has 2 rings (SSSR count). The highest BCUT2D eigenvalue weighted by atomic mass is 19.1. The van der Waals surface area contributed by atoms with E-state index in [1.807, 2.05) is 0 Å². The number of rotatable bonds is 4. The summed E-state index contributed by atoms with van der Waals surface area (Å²) in [7, 11) is 0. The number of epoxide rings is 1. The first-order valence-electron chi connectivity index (χ1n) is 4.39. The molecule has 0 aliphatic carbocycles. The van der Waals surface area contributed by atoms with Crippen molar-refractivity contribution in [3.05, 3.63) is 35.4 Å². The summed E-state index contributed by atoms with van der Waals surface area (Å²) < 4.78 is 36.1. The predicted molar refractivity (Wildman–Crippen MR) is 45.8 cm³/mol. The predicted octanol–water partition coefficient (Wildman–Crippen LogP) is 1.88. The van der Waals surface area contributed by atoms with E-state index in [2.05, 4.69) is 0 Å². The first-order chi connectivity index (χ1) is 6.77. The zero-order valence-electron chi connectivity index (χ0n) is 7.50. The van der Waals surface area contributed by atoms with Gasteiger partial charge in [-0.1, -0.05) is 6.07 Å². The van der Waals surface area contributed by atoms with Crippen LogP contribution in [0.3, 0.4) is 0 Å². The standard InChI is InChI=1S/C10H10F2O2/c11-9-2-1-3-10(12)8(9)6-13-4-7-5-14-7/h1-3,7H,4-6H2. The Morgan fingerprint density at radius 3 is 2.57 bits per heavy atom. The minimum Gasteiger partial charge on any atom is -0.374 e. The van der Waals surface area contributed by atoms with Crippen LogP contribution in [0.25, 0.3) is 0 Å². The van der Waals surface area contributed by atoms with Crippen molar-refractivity contribution in [2.75, 3.05) is 13.2 Å². The van der Waals surface area contributed by atoms with Crippen LogP contribution in [-0.4, -0.2) is 19.3 Å². The van der Waals surface area contributed by atoms with Crippen LogP contribution >= 0.6 is 0 Å². The van der Waals surface area contributed by atoms with Crippen molar-refractivity contribution in [2.45, 2.75) is 12.7 Å². The topological polar surface area (TPSA) is 21.8 Å². The fourth-order valence-corrected chi connectivity index (χ4v) is 1.13. The fraction of sp³-hybridized carbons (Fsp3) is 0.400. The van der Waals surface area contributed by atoms with Crippen LogP contribution in [0.15, 0.2) is 18.2 Å². The molecular formula is C10H10F2O2. The molecule has 0 N–H and O–H groups in total. The van der Waals surface area contributed by atoms with E-state index in [0.717, 1.165) is 0 Å². The lowest BCUT2D eigenvalue weighted by atomic mass is 10.2. The summed E-state index contributed by atoms with van der Waals surface area (Å²) in [6.07, 6.45) is 0.116. The van der Waals surface area contributed by atoms with Crippen LogP contribution in [0, 0.1) is 11.6 Å². The lowest BCUT2D eigenvalue weighted by molar-refractivity contribution is 0.0996. The Bertz CT molecular complexity index is 304. The summed E-state index contributed by atoms with van der Waals surface area (Å²) in [5.74, 6) is -1.14. The summed E-state index contributed by atoms with van der Waals surface area (Å²) in [6.45, 7) is 1.03. The van der Waals surface area contributed by atoms with Crippen LogP contribution in [0.1, 0.15) is 5.56 Å². The average Bonchev–Trinajstić information content (AvgIpc) is 2.94. The van der Waals surface area contributed by atoms with Gasteiger partial charge in [-0.05, 0) is 12.1 Å². The van der Waals surface area contributed by atoms with E-state index < -0.39 is 11.6 Å². The average molecular weight is 200 g/mol. The Hall–Kier alpha value is -1.00. The Balaban J connectivity index is 1.92. The number of hydrogen-bond donors (Lipinski definition) is 0. The van der Waals surface area contributed by atoms with E-state index in [9.17, 15) is 8.78 Å². The van der Waals surface area contributed by atoms with Gasteiger partial charge in [-0.15, -0.1) is 0 Å². The molecule has 0 bridgehead atoms. The van der Waals surface area contributed by atoms with Crippen molar-refractivity contribution in [3.8, 4) is 0 Å². The molecule has 1 aromatic carbocycles. The third kappa shape index (κ3) is 2.27. The number of ether oxygens (including phenoxy) is 2. The molecule has 14 heavy (non-hydrogen) atoms. The number of hydrogen-bond acceptors (Lipinski definition) is 2. The van der Waals surface area contributed by atoms with Crippen molar-refractivity contribution in [1.82, 2.24) is 0 Å². The van der Waals surface area contributed by atoms with Crippen LogP contribution < -0.4 is 0 Å². The summed E-state index contributed by atoms with van der Waals surface area (Å²) in [4.78, 5) is 0. The van der Waals surface area contributed by atoms with Gasteiger partial charge in [-0.3, -0.25) is 0 Å². The van der Waals surface area contributed by atoms with Crippen molar-refractivity contribution in [2.24, 2.45) is 0 Å². The molecule has 1 aliphatic heterocycles. The first-order valence-corrected chi connectivity index (χ1v) is 4.39. The second-order valence-electron chi connectivity index (χ2n) is 3.17. The van der Waals surface area contributed by atoms with Gasteiger partial charge >= 0.3 is 0 Å². The Morgan fingerprint density at radius 1 is 1.36 bits per heavy atom. The lowest BCUT2D eigenvalue weighted by Gasteiger charge is -2.04. The molecule has 76 valence electrons. The van der Waals surface area contributed by atoms with Crippen molar-refractivity contribution in [3.63, 3.8) is 0 Å². The highest BCUT2D eigenvalue weighted by Crippen LogP contribution is 2.15. The van der Waals surface area contributed by atoms with E-state index >= 15 is 0 Å². The van der Waals surface area contributed by atoms with Gasteiger partial charge in [0, 0.05) is 5.56 Å². The summed E-state index contributed by atoms with van der Waals surface area (Å²) >= 11 is 0. The second-order valence-corrected chi connectivity index (χ2v) is 3.17. The Labute approximate surface area is 80.4 Å². The van der Waals surface area contributed by atoms with Crippen molar-refractivity contribution < 1.29 is 18.3 Å². The first kappa shape index (κ1) is 9.55. The molecule has 0 radical (unpaired) electrons. The molecule has 1 saturated heterocycles. The maximum absolute atomic E-state index is 13.0.